The lowest BCUT2D eigenvalue weighted by molar-refractivity contribution is -0.117. The number of nitriles is 1. The molecule has 4 rings (SSSR count). The fraction of sp³-hybridized carbons (Fsp3) is 0.333. The summed E-state index contributed by atoms with van der Waals surface area (Å²) in [7, 11) is 0. The van der Waals surface area contributed by atoms with Gasteiger partial charge < -0.3 is 0 Å². The van der Waals surface area contributed by atoms with Crippen molar-refractivity contribution in [1.29, 1.82) is 5.26 Å². The maximum Gasteiger partial charge on any atom is 0.164 e. The van der Waals surface area contributed by atoms with Crippen molar-refractivity contribution < 1.29 is 14.0 Å². The molecule has 0 spiro atoms. The van der Waals surface area contributed by atoms with Crippen LogP contribution in [0.1, 0.15) is 72.1 Å². The van der Waals surface area contributed by atoms with Crippen molar-refractivity contribution in [2.45, 2.75) is 57.8 Å². The van der Waals surface area contributed by atoms with E-state index in [1.807, 2.05) is 36.4 Å². The number of rotatable bonds is 10. The molecule has 3 aromatic rings. The number of nitrogens with zero attached hydrogens (tertiary/aromatic N) is 2. The lowest BCUT2D eigenvalue weighted by atomic mass is 9.94. The van der Waals surface area contributed by atoms with E-state index in [2.05, 4.69) is 6.07 Å². The lowest BCUT2D eigenvalue weighted by Crippen LogP contribution is -2.09. The van der Waals surface area contributed by atoms with Crippen molar-refractivity contribution in [3.63, 3.8) is 0 Å². The van der Waals surface area contributed by atoms with Crippen molar-refractivity contribution in [1.82, 2.24) is 4.98 Å². The van der Waals surface area contributed by atoms with Gasteiger partial charge in [0.05, 0.1) is 23.0 Å². The Balaban J connectivity index is 1.50. The fourth-order valence-electron chi connectivity index (χ4n) is 4.82. The third-order valence-electron chi connectivity index (χ3n) is 6.74. The number of Topliss-reactive ketones (excluding diaryl/α,β-unsaturated/α-hetero) is 2. The topological polar surface area (TPSA) is 70.8 Å². The lowest BCUT2D eigenvalue weighted by Gasteiger charge is -2.13. The quantitative estimate of drug-likeness (QED) is 0.246. The van der Waals surface area contributed by atoms with Crippen molar-refractivity contribution in [2.75, 3.05) is 0 Å². The van der Waals surface area contributed by atoms with E-state index in [1.54, 1.807) is 18.2 Å². The first-order valence-electron chi connectivity index (χ1n) is 12.3. The van der Waals surface area contributed by atoms with Gasteiger partial charge in [-0.1, -0.05) is 30.3 Å². The molecule has 1 aromatic heterocycles. The minimum Gasteiger partial charge on any atom is -0.300 e. The molecule has 1 saturated carbocycles. The van der Waals surface area contributed by atoms with E-state index in [1.165, 1.54) is 6.07 Å². The van der Waals surface area contributed by atoms with Crippen molar-refractivity contribution in [3.8, 4) is 17.3 Å². The summed E-state index contributed by atoms with van der Waals surface area (Å²) < 4.78 is 13.5. The zero-order valence-corrected chi connectivity index (χ0v) is 19.8. The summed E-state index contributed by atoms with van der Waals surface area (Å²) in [6.45, 7) is 0. The van der Waals surface area contributed by atoms with Gasteiger partial charge in [0, 0.05) is 30.4 Å². The molecular formula is C30H29FN2O2. The number of carbonyl (C=O) groups is 2. The Kier molecular flexibility index (Phi) is 8.15. The standard InChI is InChI=1S/C30H29FN2O2/c31-24-9-5-7-21(18-24)6-1-4-11-28-27(30(35)17-13-22-12-14-25(34)19-22)15-16-29(33-28)26-10-3-2-8-23(26)20-32/h2-3,5,7-10,15-16,18,22H,1,4,6,11-14,17,19H2/t22-/m0/s1. The first-order valence-corrected chi connectivity index (χ1v) is 12.3. The Hall–Kier alpha value is -3.65. The monoisotopic (exact) mass is 468 g/mol. The molecule has 0 aliphatic heterocycles. The molecular weight excluding hydrogens is 439 g/mol. The number of ketones is 2. The molecule has 0 amide bonds. The van der Waals surface area contributed by atoms with Gasteiger partial charge in [0.15, 0.2) is 5.78 Å². The molecule has 178 valence electrons. The van der Waals surface area contributed by atoms with Crippen LogP contribution in [0, 0.1) is 23.1 Å². The van der Waals surface area contributed by atoms with E-state index in [-0.39, 0.29) is 11.6 Å². The number of unbranched alkanes of at least 4 members (excludes halogenated alkanes) is 1. The largest absolute Gasteiger partial charge is 0.300 e. The van der Waals surface area contributed by atoms with Gasteiger partial charge in [0.1, 0.15) is 11.6 Å². The number of aromatic nitrogens is 1. The average Bonchev–Trinajstić information content (AvgIpc) is 3.30. The van der Waals surface area contributed by atoms with Gasteiger partial charge in [0.2, 0.25) is 0 Å². The fourth-order valence-corrected chi connectivity index (χ4v) is 4.82. The Morgan fingerprint density at radius 2 is 1.89 bits per heavy atom. The summed E-state index contributed by atoms with van der Waals surface area (Å²) in [6, 6.07) is 19.8. The molecule has 0 unspecified atom stereocenters. The second-order valence-corrected chi connectivity index (χ2v) is 9.29. The molecule has 0 saturated heterocycles. The first kappa shape index (κ1) is 24.5. The maximum atomic E-state index is 13.5. The summed E-state index contributed by atoms with van der Waals surface area (Å²) in [5.41, 5.74) is 4.29. The molecule has 5 heteroatoms. The molecule has 1 atom stereocenters. The smallest absolute Gasteiger partial charge is 0.164 e. The predicted molar refractivity (Wildman–Crippen MR) is 133 cm³/mol. The maximum absolute atomic E-state index is 13.5. The molecule has 2 aromatic carbocycles. The minimum absolute atomic E-state index is 0.0529. The molecule has 1 heterocycles. The van der Waals surface area contributed by atoms with E-state index >= 15 is 0 Å². The van der Waals surface area contributed by atoms with E-state index in [9.17, 15) is 19.2 Å². The van der Waals surface area contributed by atoms with E-state index in [0.717, 1.165) is 48.9 Å². The molecule has 35 heavy (non-hydrogen) atoms. The van der Waals surface area contributed by atoms with Gasteiger partial charge in [0.25, 0.3) is 0 Å². The van der Waals surface area contributed by atoms with Gasteiger partial charge in [-0.05, 0) is 80.3 Å². The van der Waals surface area contributed by atoms with E-state index in [0.29, 0.717) is 54.2 Å². The van der Waals surface area contributed by atoms with Crippen LogP contribution in [-0.2, 0) is 17.6 Å². The van der Waals surface area contributed by atoms with Crippen LogP contribution in [-0.4, -0.2) is 16.6 Å². The number of hydrogen-bond donors (Lipinski definition) is 0. The minimum atomic E-state index is -0.232. The van der Waals surface area contributed by atoms with Crippen LogP contribution in [0.15, 0.2) is 60.7 Å². The number of aryl methyl sites for hydroxylation is 2. The molecule has 4 nitrogen and oxygen atoms in total. The van der Waals surface area contributed by atoms with Gasteiger partial charge in [-0.3, -0.25) is 14.6 Å². The van der Waals surface area contributed by atoms with Crippen LogP contribution in [0.2, 0.25) is 0 Å². The van der Waals surface area contributed by atoms with Crippen LogP contribution in [0.3, 0.4) is 0 Å². The van der Waals surface area contributed by atoms with Gasteiger partial charge >= 0.3 is 0 Å². The summed E-state index contributed by atoms with van der Waals surface area (Å²) in [5, 5.41) is 9.50. The summed E-state index contributed by atoms with van der Waals surface area (Å²) in [6.07, 6.45) is 6.26. The number of carbonyl (C=O) groups excluding carboxylic acids is 2. The SMILES string of the molecule is N#Cc1ccccc1-c1ccc(C(=O)CC[C@@H]2CCC(=O)C2)c(CCCCc2cccc(F)c2)n1. The zero-order chi connectivity index (χ0) is 24.6. The van der Waals surface area contributed by atoms with Gasteiger partial charge in [-0.15, -0.1) is 0 Å². The molecule has 0 bridgehead atoms. The predicted octanol–water partition coefficient (Wildman–Crippen LogP) is 6.66. The van der Waals surface area contributed by atoms with Crippen LogP contribution < -0.4 is 0 Å². The normalized spacial score (nSPS) is 15.2. The second kappa shape index (κ2) is 11.7. The Labute approximate surface area is 205 Å². The summed E-state index contributed by atoms with van der Waals surface area (Å²) >= 11 is 0. The van der Waals surface area contributed by atoms with Crippen LogP contribution in [0.5, 0.6) is 0 Å². The number of benzene rings is 2. The van der Waals surface area contributed by atoms with E-state index in [4.69, 9.17) is 4.98 Å². The highest BCUT2D eigenvalue weighted by Gasteiger charge is 2.23. The molecule has 1 fully saturated rings. The Bertz CT molecular complexity index is 1260. The Morgan fingerprint density at radius 3 is 2.66 bits per heavy atom. The molecule has 1 aliphatic rings. The molecule has 1 aliphatic carbocycles. The second-order valence-electron chi connectivity index (χ2n) is 9.29. The van der Waals surface area contributed by atoms with Crippen LogP contribution in [0.25, 0.3) is 11.3 Å². The zero-order valence-electron chi connectivity index (χ0n) is 19.8. The van der Waals surface area contributed by atoms with Crippen LogP contribution >= 0.6 is 0 Å². The average molecular weight is 469 g/mol. The summed E-state index contributed by atoms with van der Waals surface area (Å²) in [5.74, 6) is 0.418. The first-order chi connectivity index (χ1) is 17.0. The number of halogens is 1. The highest BCUT2D eigenvalue weighted by atomic mass is 19.1. The number of hydrogen-bond acceptors (Lipinski definition) is 4. The number of pyridine rings is 1. The highest BCUT2D eigenvalue weighted by Crippen LogP contribution is 2.28. The van der Waals surface area contributed by atoms with Crippen LogP contribution in [0.4, 0.5) is 4.39 Å². The highest BCUT2D eigenvalue weighted by molar-refractivity contribution is 5.97. The van der Waals surface area contributed by atoms with Crippen molar-refractivity contribution in [3.05, 3.63) is 88.9 Å². The van der Waals surface area contributed by atoms with Gasteiger partial charge in [-0.25, -0.2) is 4.39 Å². The Morgan fingerprint density at radius 1 is 1.06 bits per heavy atom. The third-order valence-corrected chi connectivity index (χ3v) is 6.74. The molecule has 0 radical (unpaired) electrons. The van der Waals surface area contributed by atoms with Crippen molar-refractivity contribution >= 4 is 11.6 Å². The summed E-state index contributed by atoms with van der Waals surface area (Å²) in [4.78, 5) is 29.6. The van der Waals surface area contributed by atoms with Gasteiger partial charge in [-0.2, -0.15) is 5.26 Å². The molecule has 0 N–H and O–H groups in total. The van der Waals surface area contributed by atoms with Crippen molar-refractivity contribution in [2.24, 2.45) is 5.92 Å². The third kappa shape index (κ3) is 6.48. The van der Waals surface area contributed by atoms with E-state index < -0.39 is 0 Å².